The van der Waals surface area contributed by atoms with Crippen molar-refractivity contribution in [3.05, 3.63) is 75.8 Å². The monoisotopic (exact) mass is 468 g/mol. The number of carbonyl (C=O) groups excluding carboxylic acids is 1. The first-order valence-electron chi connectivity index (χ1n) is 9.45. The van der Waals surface area contributed by atoms with E-state index < -0.39 is 0 Å². The lowest BCUT2D eigenvalue weighted by Gasteiger charge is -2.18. The minimum Gasteiger partial charge on any atom is -0.346 e. The predicted molar refractivity (Wildman–Crippen MR) is 122 cm³/mol. The van der Waals surface area contributed by atoms with Crippen molar-refractivity contribution >= 4 is 44.2 Å². The molecule has 4 N–H and O–H groups in total. The normalized spacial score (nSPS) is 12.2. The molecule has 4 aromatic rings. The van der Waals surface area contributed by atoms with Crippen LogP contribution in [0.25, 0.3) is 21.5 Å². The highest BCUT2D eigenvalue weighted by atomic mass is 79.9. The SMILES string of the molecule is NCCCC(NC(=O)c1cc(Br)c(-c2ccnc3[nH]ccc23)s1)c1ccccc1. The summed E-state index contributed by atoms with van der Waals surface area (Å²) in [5, 5.41) is 4.22. The molecule has 0 bridgehead atoms. The molecule has 1 unspecified atom stereocenters. The van der Waals surface area contributed by atoms with Gasteiger partial charge in [-0.05, 0) is 59.1 Å². The number of fused-ring (bicyclic) bond motifs is 1. The van der Waals surface area contributed by atoms with Crippen molar-refractivity contribution < 1.29 is 4.79 Å². The molecule has 3 aromatic heterocycles. The first kappa shape index (κ1) is 19.8. The summed E-state index contributed by atoms with van der Waals surface area (Å²) >= 11 is 5.11. The number of halogens is 1. The van der Waals surface area contributed by atoms with Crippen molar-refractivity contribution in [1.82, 2.24) is 15.3 Å². The number of benzene rings is 1. The van der Waals surface area contributed by atoms with E-state index in [-0.39, 0.29) is 11.9 Å². The van der Waals surface area contributed by atoms with Gasteiger partial charge >= 0.3 is 0 Å². The summed E-state index contributed by atoms with van der Waals surface area (Å²) in [5.74, 6) is -0.0767. The second-order valence-corrected chi connectivity index (χ2v) is 8.66. The molecule has 0 spiro atoms. The van der Waals surface area contributed by atoms with Gasteiger partial charge in [-0.2, -0.15) is 0 Å². The molecule has 1 aromatic carbocycles. The number of aromatic nitrogens is 2. The van der Waals surface area contributed by atoms with Crippen LogP contribution in [0.1, 0.15) is 34.1 Å². The van der Waals surface area contributed by atoms with E-state index in [0.29, 0.717) is 11.4 Å². The molecule has 7 heteroatoms. The number of rotatable bonds is 7. The molecule has 0 saturated carbocycles. The fourth-order valence-corrected chi connectivity index (χ4v) is 5.21. The third kappa shape index (κ3) is 4.27. The van der Waals surface area contributed by atoms with Crippen molar-refractivity contribution in [3.8, 4) is 10.4 Å². The first-order chi connectivity index (χ1) is 14.2. The van der Waals surface area contributed by atoms with Crippen molar-refractivity contribution in [3.63, 3.8) is 0 Å². The molecule has 3 heterocycles. The topological polar surface area (TPSA) is 83.8 Å². The maximum atomic E-state index is 13.0. The number of hydrogen-bond acceptors (Lipinski definition) is 4. The van der Waals surface area contributed by atoms with Crippen LogP contribution in [-0.2, 0) is 0 Å². The van der Waals surface area contributed by atoms with Crippen molar-refractivity contribution in [1.29, 1.82) is 0 Å². The Morgan fingerprint density at radius 3 is 2.86 bits per heavy atom. The Hall–Kier alpha value is -2.48. The van der Waals surface area contributed by atoms with Gasteiger partial charge in [0.25, 0.3) is 5.91 Å². The molecule has 0 fully saturated rings. The van der Waals surface area contributed by atoms with Gasteiger partial charge in [0, 0.05) is 27.8 Å². The zero-order valence-electron chi connectivity index (χ0n) is 15.7. The average Bonchev–Trinajstić information content (AvgIpc) is 3.38. The molecule has 4 rings (SSSR count). The largest absolute Gasteiger partial charge is 0.346 e. The third-order valence-electron chi connectivity index (χ3n) is 4.82. The standard InChI is InChI=1S/C22H21BrN4OS/c23-17-13-19(29-20(17)15-8-11-25-21-16(15)9-12-26-21)22(28)27-18(7-4-10-24)14-5-2-1-3-6-14/h1-3,5-6,8-9,11-13,18H,4,7,10,24H2,(H,25,26)(H,27,28). The van der Waals surface area contributed by atoms with Crippen LogP contribution in [0, 0.1) is 0 Å². The number of nitrogens with one attached hydrogen (secondary N) is 2. The number of aromatic amines is 1. The van der Waals surface area contributed by atoms with Gasteiger partial charge in [0.2, 0.25) is 0 Å². The van der Waals surface area contributed by atoms with Crippen LogP contribution in [0.15, 0.2) is 65.4 Å². The quantitative estimate of drug-likeness (QED) is 0.345. The summed E-state index contributed by atoms with van der Waals surface area (Å²) in [6.07, 6.45) is 5.30. The Labute approximate surface area is 181 Å². The summed E-state index contributed by atoms with van der Waals surface area (Å²) in [6, 6.07) is 15.8. The molecule has 0 saturated heterocycles. The van der Waals surface area contributed by atoms with Gasteiger partial charge in [0.05, 0.1) is 15.8 Å². The molecule has 1 atom stereocenters. The number of amides is 1. The molecule has 0 aliphatic rings. The van der Waals surface area contributed by atoms with Crippen LogP contribution in [0.4, 0.5) is 0 Å². The summed E-state index contributed by atoms with van der Waals surface area (Å²) < 4.78 is 0.902. The maximum absolute atomic E-state index is 13.0. The van der Waals surface area contributed by atoms with Gasteiger partial charge in [-0.1, -0.05) is 30.3 Å². The van der Waals surface area contributed by atoms with E-state index in [1.165, 1.54) is 11.3 Å². The van der Waals surface area contributed by atoms with Crippen LogP contribution < -0.4 is 11.1 Å². The molecule has 0 aliphatic heterocycles. The number of nitrogens with zero attached hydrogens (tertiary/aromatic N) is 1. The van der Waals surface area contributed by atoms with Crippen molar-refractivity contribution in [2.24, 2.45) is 5.73 Å². The number of hydrogen-bond donors (Lipinski definition) is 3. The van der Waals surface area contributed by atoms with E-state index in [2.05, 4.69) is 31.2 Å². The first-order valence-corrected chi connectivity index (χ1v) is 11.1. The molecule has 1 amide bonds. The van der Waals surface area contributed by atoms with Crippen molar-refractivity contribution in [2.45, 2.75) is 18.9 Å². The minimum atomic E-state index is -0.0767. The summed E-state index contributed by atoms with van der Waals surface area (Å²) in [6.45, 7) is 0.600. The van der Waals surface area contributed by atoms with E-state index in [9.17, 15) is 4.79 Å². The Morgan fingerprint density at radius 2 is 2.07 bits per heavy atom. The van der Waals surface area contributed by atoms with Gasteiger partial charge in [-0.15, -0.1) is 11.3 Å². The second kappa shape index (κ2) is 8.90. The summed E-state index contributed by atoms with van der Waals surface area (Å²) in [7, 11) is 0. The van der Waals surface area contributed by atoms with E-state index >= 15 is 0 Å². The van der Waals surface area contributed by atoms with E-state index in [1.807, 2.05) is 54.7 Å². The smallest absolute Gasteiger partial charge is 0.261 e. The van der Waals surface area contributed by atoms with Crippen molar-refractivity contribution in [2.75, 3.05) is 6.54 Å². The Kier molecular flexibility index (Phi) is 6.08. The highest BCUT2D eigenvalue weighted by molar-refractivity contribution is 9.10. The fourth-order valence-electron chi connectivity index (χ4n) is 3.38. The fraction of sp³-hybridized carbons (Fsp3) is 0.182. The van der Waals surface area contributed by atoms with Crippen LogP contribution in [-0.4, -0.2) is 22.4 Å². The Balaban J connectivity index is 1.61. The lowest BCUT2D eigenvalue weighted by molar-refractivity contribution is 0.0938. The van der Waals surface area contributed by atoms with Gasteiger partial charge in [0.15, 0.2) is 0 Å². The zero-order valence-corrected chi connectivity index (χ0v) is 18.1. The highest BCUT2D eigenvalue weighted by Gasteiger charge is 2.20. The maximum Gasteiger partial charge on any atom is 0.261 e. The zero-order chi connectivity index (χ0) is 20.2. The van der Waals surface area contributed by atoms with Crippen LogP contribution in [0.5, 0.6) is 0 Å². The second-order valence-electron chi connectivity index (χ2n) is 6.75. The van der Waals surface area contributed by atoms with E-state index in [4.69, 9.17) is 5.73 Å². The predicted octanol–water partition coefficient (Wildman–Crippen LogP) is 5.26. The van der Waals surface area contributed by atoms with Gasteiger partial charge < -0.3 is 16.0 Å². The van der Waals surface area contributed by atoms with Crippen LogP contribution >= 0.6 is 27.3 Å². The number of H-pyrrole nitrogens is 1. The lowest BCUT2D eigenvalue weighted by atomic mass is 10.0. The Bertz CT molecular complexity index is 1120. The molecule has 0 aliphatic carbocycles. The molecule has 5 nitrogen and oxygen atoms in total. The number of pyridine rings is 1. The number of nitrogens with two attached hydrogens (primary N) is 1. The van der Waals surface area contributed by atoms with Gasteiger partial charge in [0.1, 0.15) is 5.65 Å². The highest BCUT2D eigenvalue weighted by Crippen LogP contribution is 2.39. The van der Waals surface area contributed by atoms with Gasteiger partial charge in [-0.3, -0.25) is 4.79 Å². The molecular formula is C22H21BrN4OS. The average molecular weight is 469 g/mol. The van der Waals surface area contributed by atoms with Gasteiger partial charge in [-0.25, -0.2) is 4.98 Å². The Morgan fingerprint density at radius 1 is 1.24 bits per heavy atom. The molecule has 29 heavy (non-hydrogen) atoms. The minimum absolute atomic E-state index is 0.0612. The number of thiophene rings is 1. The molecule has 148 valence electrons. The lowest BCUT2D eigenvalue weighted by Crippen LogP contribution is -2.28. The van der Waals surface area contributed by atoms with E-state index in [1.54, 1.807) is 6.20 Å². The third-order valence-corrected chi connectivity index (χ3v) is 6.87. The van der Waals surface area contributed by atoms with Crippen LogP contribution in [0.2, 0.25) is 0 Å². The summed E-state index contributed by atoms with van der Waals surface area (Å²) in [5.41, 5.74) is 8.67. The van der Waals surface area contributed by atoms with Crippen LogP contribution in [0.3, 0.4) is 0 Å². The summed E-state index contributed by atoms with van der Waals surface area (Å²) in [4.78, 5) is 22.2. The number of carbonyl (C=O) groups is 1. The molecular weight excluding hydrogens is 448 g/mol. The van der Waals surface area contributed by atoms with E-state index in [0.717, 1.165) is 44.4 Å². The molecule has 0 radical (unpaired) electrons.